The molecule has 0 spiro atoms. The van der Waals surface area contributed by atoms with Gasteiger partial charge in [0, 0.05) is 20.1 Å². The molecule has 28 heavy (non-hydrogen) atoms. The molecule has 2 N–H and O–H groups in total. The quantitative estimate of drug-likeness (QED) is 0.777. The second-order valence-corrected chi connectivity index (χ2v) is 6.41. The Labute approximate surface area is 167 Å². The highest BCUT2D eigenvalue weighted by molar-refractivity contribution is 5.94. The molecular formula is C18H22ClFN4O4. The van der Waals surface area contributed by atoms with Gasteiger partial charge in [-0.05, 0) is 24.7 Å². The van der Waals surface area contributed by atoms with Crippen LogP contribution >= 0.6 is 12.4 Å². The van der Waals surface area contributed by atoms with Gasteiger partial charge in [0.2, 0.25) is 5.75 Å². The Bertz CT molecular complexity index is 904. The molecule has 10 heteroatoms. The van der Waals surface area contributed by atoms with E-state index in [0.717, 1.165) is 0 Å². The summed E-state index contributed by atoms with van der Waals surface area (Å²) < 4.78 is 19.6. The minimum atomic E-state index is -0.711. The lowest BCUT2D eigenvalue weighted by atomic mass is 10.2. The van der Waals surface area contributed by atoms with Crippen LogP contribution in [0.25, 0.3) is 0 Å². The van der Waals surface area contributed by atoms with Crippen LogP contribution in [-0.4, -0.2) is 52.3 Å². The first-order valence-corrected chi connectivity index (χ1v) is 8.49. The van der Waals surface area contributed by atoms with Crippen LogP contribution in [0.1, 0.15) is 27.9 Å². The van der Waals surface area contributed by atoms with Crippen molar-refractivity contribution in [2.45, 2.75) is 12.6 Å². The van der Waals surface area contributed by atoms with E-state index in [9.17, 15) is 19.1 Å². The van der Waals surface area contributed by atoms with E-state index in [1.54, 1.807) is 0 Å². The average molecular weight is 413 g/mol. The lowest BCUT2D eigenvalue weighted by molar-refractivity contribution is 0.000180. The number of morpholine rings is 1. The number of carbonyl (C=O) groups is 1. The Morgan fingerprint density at radius 2 is 2.04 bits per heavy atom. The molecule has 3 rings (SSSR count). The molecule has 2 aromatic rings. The molecule has 1 saturated heterocycles. The predicted molar refractivity (Wildman–Crippen MR) is 102 cm³/mol. The van der Waals surface area contributed by atoms with Crippen molar-refractivity contribution in [3.8, 4) is 5.75 Å². The molecule has 1 aliphatic heterocycles. The largest absolute Gasteiger partial charge is 0.501 e. The molecule has 0 saturated carbocycles. The number of nitrogens with one attached hydrogen (secondary N) is 1. The van der Waals surface area contributed by atoms with E-state index < -0.39 is 17.2 Å². The first-order valence-electron chi connectivity index (χ1n) is 8.49. The van der Waals surface area contributed by atoms with E-state index in [1.165, 1.54) is 35.9 Å². The van der Waals surface area contributed by atoms with Crippen LogP contribution in [0.15, 0.2) is 29.1 Å². The highest BCUT2D eigenvalue weighted by Crippen LogP contribution is 2.22. The molecule has 0 radical (unpaired) electrons. The summed E-state index contributed by atoms with van der Waals surface area (Å²) in [6, 6.07) is 5.33. The van der Waals surface area contributed by atoms with Crippen LogP contribution in [0, 0.1) is 5.82 Å². The summed E-state index contributed by atoms with van der Waals surface area (Å²) in [5.74, 6) is -1.43. The van der Waals surface area contributed by atoms with Gasteiger partial charge in [-0.2, -0.15) is 0 Å². The summed E-state index contributed by atoms with van der Waals surface area (Å²) in [6.07, 6.45) is 0. The third kappa shape index (κ3) is 4.49. The van der Waals surface area contributed by atoms with Crippen molar-refractivity contribution in [1.29, 1.82) is 0 Å². The van der Waals surface area contributed by atoms with Crippen molar-refractivity contribution in [3.05, 3.63) is 57.5 Å². The number of nitrogens with zero attached hydrogens (tertiary/aromatic N) is 3. The Hall–Kier alpha value is -2.49. The molecule has 1 atom stereocenters. The number of carbonyl (C=O) groups excluding carboxylic acids is 1. The van der Waals surface area contributed by atoms with Gasteiger partial charge in [0.05, 0.1) is 19.3 Å². The van der Waals surface area contributed by atoms with E-state index in [4.69, 9.17) is 4.74 Å². The number of likely N-dealkylation sites (N-methyl/N-ethyl adjacent to an activating group) is 1. The first-order chi connectivity index (χ1) is 12.9. The summed E-state index contributed by atoms with van der Waals surface area (Å²) in [5.41, 5.74) is -0.367. The Balaban J connectivity index is 0.00000280. The summed E-state index contributed by atoms with van der Waals surface area (Å²) >= 11 is 0. The topological polar surface area (TPSA) is 96.7 Å². The van der Waals surface area contributed by atoms with Crippen molar-refractivity contribution in [1.82, 2.24) is 19.8 Å². The molecule has 152 valence electrons. The zero-order valence-electron chi connectivity index (χ0n) is 15.5. The predicted octanol–water partition coefficient (Wildman–Crippen LogP) is 0.980. The van der Waals surface area contributed by atoms with Crippen molar-refractivity contribution in [3.63, 3.8) is 0 Å². The number of halogens is 2. The van der Waals surface area contributed by atoms with Gasteiger partial charge in [-0.3, -0.25) is 19.1 Å². The van der Waals surface area contributed by atoms with Crippen molar-refractivity contribution in [2.75, 3.05) is 26.8 Å². The van der Waals surface area contributed by atoms with Crippen molar-refractivity contribution >= 4 is 18.3 Å². The maximum Gasteiger partial charge on any atom is 0.296 e. The van der Waals surface area contributed by atoms with E-state index in [-0.39, 0.29) is 36.5 Å². The molecular weight excluding hydrogens is 391 g/mol. The molecule has 1 aliphatic rings. The van der Waals surface area contributed by atoms with Gasteiger partial charge < -0.3 is 15.2 Å². The van der Waals surface area contributed by atoms with Crippen molar-refractivity contribution < 1.29 is 19.0 Å². The van der Waals surface area contributed by atoms with Crippen LogP contribution in [0.3, 0.4) is 0 Å². The van der Waals surface area contributed by atoms with Crippen LogP contribution in [-0.2, 0) is 18.3 Å². The number of aromatic nitrogens is 2. The molecule has 0 bridgehead atoms. The van der Waals surface area contributed by atoms with Gasteiger partial charge in [0.25, 0.3) is 11.5 Å². The second-order valence-electron chi connectivity index (χ2n) is 6.41. The standard InChI is InChI=1S/C18H21FN4O4.ClH/c1-22-7-8-27-10-13(22)16-21-14(15(24)18(26)23(16)2)17(25)20-9-11-3-5-12(19)6-4-11;/h3-6,13,24H,7-10H2,1-2H3,(H,20,25);1H/t13-;/m0./s1. The van der Waals surface area contributed by atoms with Crippen LogP contribution in [0.4, 0.5) is 4.39 Å². The fourth-order valence-corrected chi connectivity index (χ4v) is 2.89. The molecule has 1 amide bonds. The average Bonchev–Trinajstić information content (AvgIpc) is 2.66. The molecule has 8 nitrogen and oxygen atoms in total. The maximum atomic E-state index is 13.0. The van der Waals surface area contributed by atoms with Crippen LogP contribution < -0.4 is 10.9 Å². The van der Waals surface area contributed by atoms with E-state index in [0.29, 0.717) is 31.1 Å². The summed E-state index contributed by atoms with van der Waals surface area (Å²) in [4.78, 5) is 31.1. The fraction of sp³-hybridized carbons (Fsp3) is 0.389. The van der Waals surface area contributed by atoms with Crippen LogP contribution in [0.5, 0.6) is 5.75 Å². The number of ether oxygens (including phenoxy) is 1. The molecule has 1 aromatic carbocycles. The highest BCUT2D eigenvalue weighted by atomic mass is 35.5. The van der Waals surface area contributed by atoms with Gasteiger partial charge >= 0.3 is 0 Å². The molecule has 0 unspecified atom stereocenters. The SMILES string of the molecule is CN1CCOC[C@H]1c1nc(C(=O)NCc2ccc(F)cc2)c(O)c(=O)n1C.Cl. The zero-order valence-corrected chi connectivity index (χ0v) is 16.3. The Morgan fingerprint density at radius 1 is 1.36 bits per heavy atom. The number of hydrogen-bond donors (Lipinski definition) is 2. The van der Waals surface area contributed by atoms with Gasteiger partial charge in [-0.15, -0.1) is 12.4 Å². The van der Waals surface area contributed by atoms with Crippen LogP contribution in [0.2, 0.25) is 0 Å². The number of amides is 1. The van der Waals surface area contributed by atoms with Gasteiger partial charge in [-0.25, -0.2) is 9.37 Å². The lowest BCUT2D eigenvalue weighted by Gasteiger charge is -2.32. The summed E-state index contributed by atoms with van der Waals surface area (Å²) in [5, 5.41) is 12.7. The second kappa shape index (κ2) is 9.13. The molecule has 1 aromatic heterocycles. The number of aromatic hydroxyl groups is 1. The van der Waals surface area contributed by atoms with E-state index in [2.05, 4.69) is 10.3 Å². The van der Waals surface area contributed by atoms with Gasteiger partial charge in [0.15, 0.2) is 5.69 Å². The van der Waals surface area contributed by atoms with Gasteiger partial charge in [0.1, 0.15) is 11.6 Å². The van der Waals surface area contributed by atoms with Gasteiger partial charge in [-0.1, -0.05) is 12.1 Å². The molecule has 0 aliphatic carbocycles. The summed E-state index contributed by atoms with van der Waals surface area (Å²) in [6.45, 7) is 1.67. The minimum Gasteiger partial charge on any atom is -0.501 e. The third-order valence-corrected chi connectivity index (χ3v) is 4.58. The monoisotopic (exact) mass is 412 g/mol. The number of hydrogen-bond acceptors (Lipinski definition) is 6. The number of benzene rings is 1. The third-order valence-electron chi connectivity index (χ3n) is 4.58. The van der Waals surface area contributed by atoms with Crippen molar-refractivity contribution in [2.24, 2.45) is 7.05 Å². The minimum absolute atomic E-state index is 0. The van der Waals surface area contributed by atoms with E-state index >= 15 is 0 Å². The first kappa shape index (κ1) is 21.8. The lowest BCUT2D eigenvalue weighted by Crippen LogP contribution is -2.41. The normalized spacial score (nSPS) is 17.0. The zero-order chi connectivity index (χ0) is 19.6. The maximum absolute atomic E-state index is 13.0. The highest BCUT2D eigenvalue weighted by Gasteiger charge is 2.28. The Morgan fingerprint density at radius 3 is 2.68 bits per heavy atom. The van der Waals surface area contributed by atoms with E-state index in [1.807, 2.05) is 11.9 Å². The summed E-state index contributed by atoms with van der Waals surface area (Å²) in [7, 11) is 3.37. The Kier molecular flexibility index (Phi) is 7.11. The molecule has 2 heterocycles. The smallest absolute Gasteiger partial charge is 0.296 e. The molecule has 1 fully saturated rings. The fourth-order valence-electron chi connectivity index (χ4n) is 2.89. The number of rotatable bonds is 4.